The minimum Gasteiger partial charge on any atom is -0.355 e. The van der Waals surface area contributed by atoms with E-state index in [1.807, 2.05) is 4.90 Å². The summed E-state index contributed by atoms with van der Waals surface area (Å²) < 4.78 is 40.1. The van der Waals surface area contributed by atoms with Crippen molar-refractivity contribution in [1.82, 2.24) is 25.1 Å². The normalized spacial score (nSPS) is 16.4. The van der Waals surface area contributed by atoms with Gasteiger partial charge in [-0.15, -0.1) is 15.3 Å². The molecule has 0 aliphatic carbocycles. The maximum absolute atomic E-state index is 13.1. The zero-order valence-corrected chi connectivity index (χ0v) is 13.8. The molecule has 0 radical (unpaired) electrons. The zero-order chi connectivity index (χ0) is 18.4. The van der Waals surface area contributed by atoms with Gasteiger partial charge in [-0.1, -0.05) is 0 Å². The number of carbonyl (C=O) groups is 1. The number of amides is 2. The van der Waals surface area contributed by atoms with Crippen molar-refractivity contribution in [3.05, 3.63) is 17.0 Å². The minimum atomic E-state index is -4.64. The molecule has 8 nitrogen and oxygen atoms in total. The standard InChI is InChI=1S/C14H18F3N7O/c1-7-8(2)11(23-5-3-9(4-6-23)19-13(18)25)22-24-10(7)20-21-12(24)14(15,16)17/h9H,3-6H2,1-2H3,(H3,18,19,25). The molecule has 2 amide bonds. The Balaban J connectivity index is 1.94. The van der Waals surface area contributed by atoms with Gasteiger partial charge in [-0.25, -0.2) is 4.79 Å². The van der Waals surface area contributed by atoms with Crippen LogP contribution >= 0.6 is 0 Å². The molecule has 25 heavy (non-hydrogen) atoms. The number of nitrogens with zero attached hydrogens (tertiary/aromatic N) is 5. The van der Waals surface area contributed by atoms with E-state index < -0.39 is 18.0 Å². The van der Waals surface area contributed by atoms with Gasteiger partial charge >= 0.3 is 12.2 Å². The third-order valence-corrected chi connectivity index (χ3v) is 4.46. The Bertz CT molecular complexity index is 809. The van der Waals surface area contributed by atoms with Crippen LogP contribution in [0.3, 0.4) is 0 Å². The van der Waals surface area contributed by atoms with Crippen molar-refractivity contribution < 1.29 is 18.0 Å². The number of piperidine rings is 1. The number of hydrogen-bond donors (Lipinski definition) is 2. The third-order valence-electron chi connectivity index (χ3n) is 4.46. The summed E-state index contributed by atoms with van der Waals surface area (Å²) in [6.45, 7) is 4.60. The van der Waals surface area contributed by atoms with Crippen molar-refractivity contribution >= 4 is 17.5 Å². The van der Waals surface area contributed by atoms with E-state index >= 15 is 0 Å². The number of rotatable bonds is 2. The molecule has 0 aromatic carbocycles. The van der Waals surface area contributed by atoms with Gasteiger partial charge in [-0.3, -0.25) is 0 Å². The maximum atomic E-state index is 13.1. The lowest BCUT2D eigenvalue weighted by Crippen LogP contribution is -2.46. The van der Waals surface area contributed by atoms with Gasteiger partial charge < -0.3 is 16.0 Å². The first-order valence-electron chi connectivity index (χ1n) is 7.79. The van der Waals surface area contributed by atoms with Crippen molar-refractivity contribution in [3.8, 4) is 0 Å². The van der Waals surface area contributed by atoms with E-state index in [9.17, 15) is 18.0 Å². The molecule has 0 bridgehead atoms. The summed E-state index contributed by atoms with van der Waals surface area (Å²) in [4.78, 5) is 12.8. The molecule has 1 aliphatic rings. The molecule has 3 heterocycles. The Morgan fingerprint density at radius 2 is 1.84 bits per heavy atom. The summed E-state index contributed by atoms with van der Waals surface area (Å²) in [5.41, 5.74) is 6.58. The Hall–Kier alpha value is -2.59. The third kappa shape index (κ3) is 3.17. The number of aromatic nitrogens is 4. The van der Waals surface area contributed by atoms with E-state index in [1.54, 1.807) is 13.8 Å². The van der Waals surface area contributed by atoms with Gasteiger partial charge in [-0.05, 0) is 26.7 Å². The summed E-state index contributed by atoms with van der Waals surface area (Å²) in [6.07, 6.45) is -3.37. The first-order chi connectivity index (χ1) is 11.7. The van der Waals surface area contributed by atoms with Crippen LogP contribution in [0.2, 0.25) is 0 Å². The van der Waals surface area contributed by atoms with Gasteiger partial charge in [0.15, 0.2) is 11.5 Å². The molecule has 0 saturated carbocycles. The Morgan fingerprint density at radius 3 is 2.40 bits per heavy atom. The molecular weight excluding hydrogens is 339 g/mol. The fourth-order valence-corrected chi connectivity index (χ4v) is 3.03. The first kappa shape index (κ1) is 17.2. The van der Waals surface area contributed by atoms with Gasteiger partial charge in [0.2, 0.25) is 0 Å². The highest BCUT2D eigenvalue weighted by atomic mass is 19.4. The van der Waals surface area contributed by atoms with Crippen LogP contribution in [0.1, 0.15) is 29.8 Å². The number of urea groups is 1. The van der Waals surface area contributed by atoms with Crippen molar-refractivity contribution in [1.29, 1.82) is 0 Å². The van der Waals surface area contributed by atoms with Crippen molar-refractivity contribution in [3.63, 3.8) is 0 Å². The molecule has 3 rings (SSSR count). The topological polar surface area (TPSA) is 101 Å². The Kier molecular flexibility index (Phi) is 4.17. The van der Waals surface area contributed by atoms with E-state index in [0.717, 1.165) is 10.1 Å². The zero-order valence-electron chi connectivity index (χ0n) is 13.8. The van der Waals surface area contributed by atoms with Crippen LogP contribution in [0, 0.1) is 13.8 Å². The summed E-state index contributed by atoms with van der Waals surface area (Å²) >= 11 is 0. The van der Waals surface area contributed by atoms with Crippen LogP contribution in [0.5, 0.6) is 0 Å². The second-order valence-electron chi connectivity index (χ2n) is 6.10. The van der Waals surface area contributed by atoms with E-state index in [2.05, 4.69) is 20.6 Å². The minimum absolute atomic E-state index is 0.0421. The molecule has 1 aliphatic heterocycles. The lowest BCUT2D eigenvalue weighted by Gasteiger charge is -2.33. The predicted molar refractivity (Wildman–Crippen MR) is 83.2 cm³/mol. The molecule has 2 aromatic rings. The SMILES string of the molecule is Cc1c(N2CCC(NC(N)=O)CC2)nn2c(C(F)(F)F)nnc2c1C. The van der Waals surface area contributed by atoms with Gasteiger partial charge in [0.25, 0.3) is 5.82 Å². The highest BCUT2D eigenvalue weighted by Gasteiger charge is 2.38. The Morgan fingerprint density at radius 1 is 1.20 bits per heavy atom. The van der Waals surface area contributed by atoms with Crippen LogP contribution in [-0.4, -0.2) is 45.0 Å². The number of hydrogen-bond acceptors (Lipinski definition) is 5. The predicted octanol–water partition coefficient (Wildman–Crippen LogP) is 1.40. The fraction of sp³-hybridized carbons (Fsp3) is 0.571. The quantitative estimate of drug-likeness (QED) is 0.846. The van der Waals surface area contributed by atoms with Crippen molar-refractivity contribution in [2.24, 2.45) is 5.73 Å². The van der Waals surface area contributed by atoms with Gasteiger partial charge in [0.1, 0.15) is 0 Å². The lowest BCUT2D eigenvalue weighted by atomic mass is 10.0. The largest absolute Gasteiger partial charge is 0.453 e. The van der Waals surface area contributed by atoms with Gasteiger partial charge in [-0.2, -0.15) is 17.7 Å². The number of fused-ring (bicyclic) bond motifs is 1. The summed E-state index contributed by atoms with van der Waals surface area (Å²) in [5, 5.41) is 13.7. The Labute approximate surface area is 141 Å². The van der Waals surface area contributed by atoms with Crippen LogP contribution in [0.4, 0.5) is 23.8 Å². The molecule has 0 atom stereocenters. The molecule has 3 N–H and O–H groups in total. The highest BCUT2D eigenvalue weighted by molar-refractivity contribution is 5.72. The van der Waals surface area contributed by atoms with Crippen molar-refractivity contribution in [2.75, 3.05) is 18.0 Å². The number of carbonyl (C=O) groups excluding carboxylic acids is 1. The average molecular weight is 357 g/mol. The molecule has 1 saturated heterocycles. The number of anilines is 1. The van der Waals surface area contributed by atoms with Gasteiger partial charge in [0, 0.05) is 30.3 Å². The number of nitrogens with one attached hydrogen (secondary N) is 1. The second kappa shape index (κ2) is 6.05. The van der Waals surface area contributed by atoms with E-state index in [1.165, 1.54) is 0 Å². The van der Waals surface area contributed by atoms with Crippen LogP contribution in [0.15, 0.2) is 0 Å². The molecule has 2 aromatic heterocycles. The second-order valence-corrected chi connectivity index (χ2v) is 6.10. The molecule has 1 fully saturated rings. The number of halogens is 3. The summed E-state index contributed by atoms with van der Waals surface area (Å²) in [7, 11) is 0. The maximum Gasteiger partial charge on any atom is 0.453 e. The monoisotopic (exact) mass is 357 g/mol. The average Bonchev–Trinajstić information content (AvgIpc) is 2.95. The van der Waals surface area contributed by atoms with Gasteiger partial charge in [0.05, 0.1) is 0 Å². The molecule has 136 valence electrons. The van der Waals surface area contributed by atoms with Crippen molar-refractivity contribution in [2.45, 2.75) is 38.9 Å². The molecule has 0 unspecified atom stereocenters. The highest BCUT2D eigenvalue weighted by Crippen LogP contribution is 2.31. The van der Waals surface area contributed by atoms with E-state index in [0.29, 0.717) is 37.3 Å². The van der Waals surface area contributed by atoms with Crippen LogP contribution in [0.25, 0.3) is 5.65 Å². The number of aryl methyl sites for hydroxylation is 1. The summed E-state index contributed by atoms with van der Waals surface area (Å²) in [6, 6.07) is -0.621. The van der Waals surface area contributed by atoms with E-state index in [-0.39, 0.29) is 11.7 Å². The molecular formula is C14H18F3N7O. The first-order valence-corrected chi connectivity index (χ1v) is 7.79. The number of primary amides is 1. The lowest BCUT2D eigenvalue weighted by molar-refractivity contribution is -0.146. The van der Waals surface area contributed by atoms with Crippen LogP contribution < -0.4 is 16.0 Å². The van der Waals surface area contributed by atoms with E-state index in [4.69, 9.17) is 5.73 Å². The molecule has 0 spiro atoms. The number of alkyl halides is 3. The number of nitrogens with two attached hydrogens (primary N) is 1. The fourth-order valence-electron chi connectivity index (χ4n) is 3.03. The molecule has 11 heteroatoms. The summed E-state index contributed by atoms with van der Waals surface area (Å²) in [5.74, 6) is -0.676. The van der Waals surface area contributed by atoms with Crippen LogP contribution in [-0.2, 0) is 6.18 Å². The smallest absolute Gasteiger partial charge is 0.355 e.